The summed E-state index contributed by atoms with van der Waals surface area (Å²) in [4.78, 5) is 12.6. The number of nitrogens with one attached hydrogen (secondary N) is 1. The lowest BCUT2D eigenvalue weighted by molar-refractivity contribution is 0.0925. The van der Waals surface area contributed by atoms with E-state index >= 15 is 0 Å². The molecule has 5 nitrogen and oxygen atoms in total. The van der Waals surface area contributed by atoms with Crippen LogP contribution in [0.3, 0.4) is 0 Å². The maximum atomic E-state index is 12.6. The molecule has 0 aliphatic carbocycles. The fourth-order valence-corrected chi connectivity index (χ4v) is 3.82. The normalized spacial score (nSPS) is 19.7. The molecule has 122 valence electrons. The molecule has 1 aromatic rings. The van der Waals surface area contributed by atoms with Gasteiger partial charge in [-0.15, -0.1) is 6.58 Å². The third-order valence-corrected chi connectivity index (χ3v) is 4.96. The highest BCUT2D eigenvalue weighted by molar-refractivity contribution is 7.99. The largest absolute Gasteiger partial charge is 0.493 e. The van der Waals surface area contributed by atoms with Crippen LogP contribution in [0, 0.1) is 11.3 Å². The zero-order chi connectivity index (χ0) is 16.9. The molecule has 1 amide bonds. The summed E-state index contributed by atoms with van der Waals surface area (Å²) in [6.07, 6.45) is 2.95. The predicted octanol–water partition coefficient (Wildman–Crippen LogP) is 2.56. The Morgan fingerprint density at radius 2 is 2.30 bits per heavy atom. The monoisotopic (exact) mass is 332 g/mol. The van der Waals surface area contributed by atoms with E-state index in [9.17, 15) is 10.1 Å². The van der Waals surface area contributed by atoms with Gasteiger partial charge in [0.25, 0.3) is 5.91 Å². The molecule has 0 aromatic heterocycles. The number of thioether (sulfide) groups is 1. The Morgan fingerprint density at radius 1 is 1.52 bits per heavy atom. The average molecular weight is 332 g/mol. The first-order chi connectivity index (χ1) is 11.1. The third kappa shape index (κ3) is 3.62. The molecule has 1 aliphatic rings. The minimum absolute atomic E-state index is 0.277. The van der Waals surface area contributed by atoms with Gasteiger partial charge in [0.1, 0.15) is 5.54 Å². The van der Waals surface area contributed by atoms with E-state index in [1.54, 1.807) is 37.1 Å². The number of benzene rings is 1. The maximum Gasteiger partial charge on any atom is 0.252 e. The van der Waals surface area contributed by atoms with Gasteiger partial charge in [-0.1, -0.05) is 6.08 Å². The molecule has 1 fully saturated rings. The Bertz CT molecular complexity index is 646. The van der Waals surface area contributed by atoms with Gasteiger partial charge in [-0.3, -0.25) is 4.79 Å². The van der Waals surface area contributed by atoms with E-state index in [0.29, 0.717) is 35.7 Å². The van der Waals surface area contributed by atoms with Gasteiger partial charge >= 0.3 is 0 Å². The lowest BCUT2D eigenvalue weighted by atomic mass is 9.99. The van der Waals surface area contributed by atoms with E-state index < -0.39 is 5.54 Å². The first-order valence-electron chi connectivity index (χ1n) is 7.26. The van der Waals surface area contributed by atoms with Crippen LogP contribution in [-0.2, 0) is 6.42 Å². The lowest BCUT2D eigenvalue weighted by Gasteiger charge is -2.22. The van der Waals surface area contributed by atoms with Gasteiger partial charge in [-0.05, 0) is 30.7 Å². The van der Waals surface area contributed by atoms with Crippen molar-refractivity contribution in [2.45, 2.75) is 18.4 Å². The molecule has 0 bridgehead atoms. The summed E-state index contributed by atoms with van der Waals surface area (Å²) in [7, 11) is 3.09. The zero-order valence-electron chi connectivity index (χ0n) is 13.3. The molecule has 6 heteroatoms. The topological polar surface area (TPSA) is 71.4 Å². The Labute approximate surface area is 140 Å². The number of amides is 1. The van der Waals surface area contributed by atoms with Crippen LogP contribution >= 0.6 is 11.8 Å². The second-order valence-electron chi connectivity index (χ2n) is 5.31. The number of methoxy groups -OCH3 is 2. The highest BCUT2D eigenvalue weighted by Gasteiger charge is 2.36. The molecule has 1 N–H and O–H groups in total. The average Bonchev–Trinajstić information content (AvgIpc) is 3.03. The van der Waals surface area contributed by atoms with Crippen LogP contribution in [0.5, 0.6) is 11.5 Å². The smallest absolute Gasteiger partial charge is 0.252 e. The Balaban J connectivity index is 2.34. The molecule has 23 heavy (non-hydrogen) atoms. The van der Waals surface area contributed by atoms with Gasteiger partial charge in [-0.25, -0.2) is 0 Å². The van der Waals surface area contributed by atoms with Gasteiger partial charge in [-0.2, -0.15) is 17.0 Å². The summed E-state index contributed by atoms with van der Waals surface area (Å²) >= 11 is 1.67. The standard InChI is InChI=1S/C17H20N2O3S/c1-4-5-12-8-13(9-14(21-2)15(12)22-3)16(20)19-17(10-18)6-7-23-11-17/h4,8-9H,1,5-7,11H2,2-3H3,(H,19,20). The van der Waals surface area contributed by atoms with Crippen LogP contribution in [0.2, 0.25) is 0 Å². The Hall–Kier alpha value is -2.13. The van der Waals surface area contributed by atoms with E-state index in [4.69, 9.17) is 9.47 Å². The molecule has 0 spiro atoms. The van der Waals surface area contributed by atoms with Crippen LogP contribution in [0.4, 0.5) is 0 Å². The van der Waals surface area contributed by atoms with Crippen LogP contribution in [0.1, 0.15) is 22.3 Å². The second kappa shape index (κ2) is 7.42. The summed E-state index contributed by atoms with van der Waals surface area (Å²) in [6, 6.07) is 5.63. The molecule has 1 atom stereocenters. The molecule has 0 radical (unpaired) electrons. The van der Waals surface area contributed by atoms with Crippen molar-refractivity contribution in [3.63, 3.8) is 0 Å². The molecular weight excluding hydrogens is 312 g/mol. The van der Waals surface area contributed by atoms with Gasteiger partial charge in [0, 0.05) is 16.9 Å². The third-order valence-electron chi connectivity index (χ3n) is 3.77. The minimum atomic E-state index is -0.784. The fourth-order valence-electron chi connectivity index (χ4n) is 2.55. The molecule has 1 aliphatic heterocycles. The number of nitrogens with zero attached hydrogens (tertiary/aromatic N) is 1. The summed E-state index contributed by atoms with van der Waals surface area (Å²) in [6.45, 7) is 3.73. The van der Waals surface area contributed by atoms with Crippen molar-refractivity contribution in [2.75, 3.05) is 25.7 Å². The lowest BCUT2D eigenvalue weighted by Crippen LogP contribution is -2.47. The molecule has 1 unspecified atom stereocenters. The summed E-state index contributed by atoms with van der Waals surface area (Å²) in [5, 5.41) is 12.3. The first kappa shape index (κ1) is 17.2. The van der Waals surface area contributed by atoms with Gasteiger partial charge in [0.2, 0.25) is 0 Å². The maximum absolute atomic E-state index is 12.6. The first-order valence-corrected chi connectivity index (χ1v) is 8.42. The fraction of sp³-hybridized carbons (Fsp3) is 0.412. The van der Waals surface area contributed by atoms with Gasteiger partial charge < -0.3 is 14.8 Å². The van der Waals surface area contributed by atoms with E-state index in [2.05, 4.69) is 18.0 Å². The Morgan fingerprint density at radius 3 is 2.83 bits per heavy atom. The molecule has 1 aromatic carbocycles. The SMILES string of the molecule is C=CCc1cc(C(=O)NC2(C#N)CCSC2)cc(OC)c1OC. The number of carbonyl (C=O) groups excluding carboxylic acids is 1. The van der Waals surface area contributed by atoms with E-state index in [-0.39, 0.29) is 5.91 Å². The van der Waals surface area contributed by atoms with Crippen molar-refractivity contribution < 1.29 is 14.3 Å². The molecule has 2 rings (SSSR count). The van der Waals surface area contributed by atoms with Crippen molar-refractivity contribution in [2.24, 2.45) is 0 Å². The number of hydrogen-bond donors (Lipinski definition) is 1. The van der Waals surface area contributed by atoms with Crippen LogP contribution in [-0.4, -0.2) is 37.2 Å². The van der Waals surface area contributed by atoms with Crippen LogP contribution in [0.25, 0.3) is 0 Å². The number of ether oxygens (including phenoxy) is 2. The molecule has 1 heterocycles. The second-order valence-corrected chi connectivity index (χ2v) is 6.42. The summed E-state index contributed by atoms with van der Waals surface area (Å²) in [5.41, 5.74) is 0.484. The van der Waals surface area contributed by atoms with Crippen molar-refractivity contribution >= 4 is 17.7 Å². The van der Waals surface area contributed by atoms with Crippen molar-refractivity contribution in [3.8, 4) is 17.6 Å². The number of carbonyl (C=O) groups is 1. The zero-order valence-corrected chi connectivity index (χ0v) is 14.2. The van der Waals surface area contributed by atoms with Gasteiger partial charge in [0.15, 0.2) is 11.5 Å². The Kier molecular flexibility index (Phi) is 5.56. The quantitative estimate of drug-likeness (QED) is 0.811. The van der Waals surface area contributed by atoms with Crippen LogP contribution < -0.4 is 14.8 Å². The van der Waals surface area contributed by atoms with E-state index in [1.807, 2.05) is 0 Å². The number of nitriles is 1. The number of hydrogen-bond acceptors (Lipinski definition) is 5. The number of allylic oxidation sites excluding steroid dienone is 1. The summed E-state index contributed by atoms with van der Waals surface area (Å²) < 4.78 is 10.7. The van der Waals surface area contributed by atoms with Gasteiger partial charge in [0.05, 0.1) is 20.3 Å². The molecular formula is C17H20N2O3S. The summed E-state index contributed by atoms with van der Waals surface area (Å²) in [5.74, 6) is 2.29. The minimum Gasteiger partial charge on any atom is -0.493 e. The molecule has 0 saturated carbocycles. The van der Waals surface area contributed by atoms with Crippen molar-refractivity contribution in [1.29, 1.82) is 5.26 Å². The molecule has 1 saturated heterocycles. The van der Waals surface area contributed by atoms with E-state index in [1.165, 1.54) is 7.11 Å². The highest BCUT2D eigenvalue weighted by Crippen LogP contribution is 2.34. The predicted molar refractivity (Wildman–Crippen MR) is 91.2 cm³/mol. The van der Waals surface area contributed by atoms with Crippen molar-refractivity contribution in [3.05, 3.63) is 35.9 Å². The van der Waals surface area contributed by atoms with Crippen LogP contribution in [0.15, 0.2) is 24.8 Å². The highest BCUT2D eigenvalue weighted by atomic mass is 32.2. The number of rotatable bonds is 6. The van der Waals surface area contributed by atoms with E-state index in [0.717, 1.165) is 11.3 Å². The van der Waals surface area contributed by atoms with Crippen molar-refractivity contribution in [1.82, 2.24) is 5.32 Å².